The Morgan fingerprint density at radius 3 is 2.75 bits per heavy atom. The van der Waals surface area contributed by atoms with Crippen LogP contribution in [0.15, 0.2) is 24.3 Å². The number of halogens is 1. The highest BCUT2D eigenvalue weighted by atomic mass is 35.5. The van der Waals surface area contributed by atoms with Gasteiger partial charge in [-0.25, -0.2) is 0 Å². The molecule has 1 aromatic carbocycles. The lowest BCUT2D eigenvalue weighted by Gasteiger charge is -2.27. The van der Waals surface area contributed by atoms with Gasteiger partial charge in [0.25, 0.3) is 0 Å². The smallest absolute Gasteiger partial charge is 0.0658 e. The first kappa shape index (κ1) is 12.3. The van der Waals surface area contributed by atoms with E-state index in [4.69, 9.17) is 11.6 Å². The van der Waals surface area contributed by atoms with E-state index in [-0.39, 0.29) is 6.10 Å². The first-order chi connectivity index (χ1) is 7.77. The number of aliphatic hydroxyl groups is 1. The zero-order chi connectivity index (χ0) is 11.4. The predicted molar refractivity (Wildman–Crippen MR) is 71.0 cm³/mol. The number of rotatable bonds is 3. The van der Waals surface area contributed by atoms with Crippen LogP contribution in [0.5, 0.6) is 0 Å². The van der Waals surface area contributed by atoms with Crippen LogP contribution in [-0.2, 0) is 5.75 Å². The summed E-state index contributed by atoms with van der Waals surface area (Å²) in [6.45, 7) is 0. The SMILES string of the molecule is O[C@H]1CCCC[C@@H]1SCc1ccccc1Cl. The van der Waals surface area contributed by atoms with Gasteiger partial charge >= 0.3 is 0 Å². The molecule has 2 atom stereocenters. The maximum Gasteiger partial charge on any atom is 0.0658 e. The molecule has 0 spiro atoms. The van der Waals surface area contributed by atoms with Gasteiger partial charge in [0.1, 0.15) is 0 Å². The predicted octanol–water partition coefficient (Wildman–Crippen LogP) is 3.88. The quantitative estimate of drug-likeness (QED) is 0.886. The summed E-state index contributed by atoms with van der Waals surface area (Å²) in [6, 6.07) is 7.95. The van der Waals surface area contributed by atoms with E-state index in [1.165, 1.54) is 18.4 Å². The van der Waals surface area contributed by atoms with E-state index in [1.54, 1.807) is 0 Å². The molecular formula is C13H17ClOS. The molecule has 1 N–H and O–H groups in total. The van der Waals surface area contributed by atoms with Crippen molar-refractivity contribution >= 4 is 23.4 Å². The third-order valence-corrected chi connectivity index (χ3v) is 4.90. The second-order valence-corrected chi connectivity index (χ2v) is 5.93. The van der Waals surface area contributed by atoms with Crippen LogP contribution in [0.2, 0.25) is 5.02 Å². The fourth-order valence-corrected chi connectivity index (χ4v) is 3.70. The Hall–Kier alpha value is -0.180. The summed E-state index contributed by atoms with van der Waals surface area (Å²) in [5.74, 6) is 0.904. The van der Waals surface area contributed by atoms with Crippen molar-refractivity contribution < 1.29 is 5.11 Å². The molecule has 1 aliphatic rings. The molecule has 0 amide bonds. The van der Waals surface area contributed by atoms with Crippen LogP contribution in [0.4, 0.5) is 0 Å². The number of hydrogen-bond acceptors (Lipinski definition) is 2. The summed E-state index contributed by atoms with van der Waals surface area (Å²) in [5.41, 5.74) is 1.17. The zero-order valence-electron chi connectivity index (χ0n) is 9.23. The second kappa shape index (κ2) is 5.95. The minimum Gasteiger partial charge on any atom is -0.392 e. The van der Waals surface area contributed by atoms with Crippen molar-refractivity contribution in [2.75, 3.05) is 0 Å². The maximum absolute atomic E-state index is 9.86. The molecule has 0 radical (unpaired) electrons. The van der Waals surface area contributed by atoms with Gasteiger partial charge in [0, 0.05) is 16.0 Å². The van der Waals surface area contributed by atoms with Crippen molar-refractivity contribution in [3.63, 3.8) is 0 Å². The molecule has 16 heavy (non-hydrogen) atoms. The highest BCUT2D eigenvalue weighted by molar-refractivity contribution is 7.99. The molecular weight excluding hydrogens is 240 g/mol. The molecule has 88 valence electrons. The van der Waals surface area contributed by atoms with Gasteiger partial charge in [0.05, 0.1) is 6.10 Å². The lowest BCUT2D eigenvalue weighted by molar-refractivity contribution is 0.137. The van der Waals surface area contributed by atoms with Crippen LogP contribution < -0.4 is 0 Å². The Labute approximate surface area is 106 Å². The largest absolute Gasteiger partial charge is 0.392 e. The van der Waals surface area contributed by atoms with Crippen molar-refractivity contribution in [2.45, 2.75) is 42.8 Å². The Bertz CT molecular complexity index is 342. The standard InChI is InChI=1S/C13H17ClOS/c14-11-6-2-1-5-10(11)9-16-13-8-4-3-7-12(13)15/h1-2,5-6,12-13,15H,3-4,7-9H2/t12-,13-/m0/s1. The lowest BCUT2D eigenvalue weighted by atomic mass is 9.97. The first-order valence-corrected chi connectivity index (χ1v) is 7.23. The monoisotopic (exact) mass is 256 g/mol. The van der Waals surface area contributed by atoms with Crippen LogP contribution in [0.25, 0.3) is 0 Å². The average Bonchev–Trinajstić information content (AvgIpc) is 2.30. The molecule has 0 heterocycles. The first-order valence-electron chi connectivity index (χ1n) is 5.80. The van der Waals surface area contributed by atoms with Gasteiger partial charge in [-0.3, -0.25) is 0 Å². The van der Waals surface area contributed by atoms with E-state index < -0.39 is 0 Å². The van der Waals surface area contributed by atoms with Gasteiger partial charge < -0.3 is 5.11 Å². The Kier molecular flexibility index (Phi) is 4.56. The van der Waals surface area contributed by atoms with Crippen LogP contribution in [-0.4, -0.2) is 16.5 Å². The molecule has 2 rings (SSSR count). The highest BCUT2D eigenvalue weighted by Crippen LogP contribution is 2.32. The molecule has 3 heteroatoms. The van der Waals surface area contributed by atoms with Crippen LogP contribution in [0.1, 0.15) is 31.2 Å². The molecule has 1 saturated carbocycles. The summed E-state index contributed by atoms with van der Waals surface area (Å²) in [5, 5.41) is 11.1. The van der Waals surface area contributed by atoms with Crippen LogP contribution >= 0.6 is 23.4 Å². The highest BCUT2D eigenvalue weighted by Gasteiger charge is 2.23. The summed E-state index contributed by atoms with van der Waals surface area (Å²) in [4.78, 5) is 0. The van der Waals surface area contributed by atoms with Gasteiger partial charge in [-0.15, -0.1) is 0 Å². The second-order valence-electron chi connectivity index (χ2n) is 4.29. The van der Waals surface area contributed by atoms with E-state index in [2.05, 4.69) is 6.07 Å². The molecule has 1 aromatic rings. The Morgan fingerprint density at radius 2 is 2.00 bits per heavy atom. The van der Waals surface area contributed by atoms with E-state index in [0.29, 0.717) is 5.25 Å². The van der Waals surface area contributed by atoms with Crippen molar-refractivity contribution in [3.05, 3.63) is 34.9 Å². The Morgan fingerprint density at radius 1 is 1.25 bits per heavy atom. The van der Waals surface area contributed by atoms with Crippen LogP contribution in [0, 0.1) is 0 Å². The number of hydrogen-bond donors (Lipinski definition) is 1. The van der Waals surface area contributed by atoms with E-state index in [0.717, 1.165) is 23.6 Å². The molecule has 0 bridgehead atoms. The van der Waals surface area contributed by atoms with Crippen molar-refractivity contribution in [3.8, 4) is 0 Å². The molecule has 1 fully saturated rings. The number of benzene rings is 1. The van der Waals surface area contributed by atoms with E-state index in [9.17, 15) is 5.11 Å². The minimum atomic E-state index is -0.124. The van der Waals surface area contributed by atoms with E-state index >= 15 is 0 Å². The van der Waals surface area contributed by atoms with Gasteiger partial charge in [-0.05, 0) is 24.5 Å². The molecule has 0 saturated heterocycles. The summed E-state index contributed by atoms with van der Waals surface area (Å²) < 4.78 is 0. The van der Waals surface area contributed by atoms with Gasteiger partial charge in [0.15, 0.2) is 0 Å². The zero-order valence-corrected chi connectivity index (χ0v) is 10.8. The Balaban J connectivity index is 1.89. The molecule has 0 aromatic heterocycles. The topological polar surface area (TPSA) is 20.2 Å². The van der Waals surface area contributed by atoms with Crippen molar-refractivity contribution in [1.82, 2.24) is 0 Å². The fourth-order valence-electron chi connectivity index (χ4n) is 2.08. The third-order valence-electron chi connectivity index (χ3n) is 3.08. The maximum atomic E-state index is 9.86. The average molecular weight is 257 g/mol. The normalized spacial score (nSPS) is 25.6. The molecule has 0 aliphatic heterocycles. The summed E-state index contributed by atoms with van der Waals surface area (Å²) >= 11 is 7.94. The third kappa shape index (κ3) is 3.16. The number of aliphatic hydroxyl groups excluding tert-OH is 1. The van der Waals surface area contributed by atoms with Gasteiger partial charge in [-0.2, -0.15) is 11.8 Å². The van der Waals surface area contributed by atoms with E-state index in [1.807, 2.05) is 30.0 Å². The molecule has 1 nitrogen and oxygen atoms in total. The minimum absolute atomic E-state index is 0.124. The lowest BCUT2D eigenvalue weighted by Crippen LogP contribution is -2.26. The van der Waals surface area contributed by atoms with Gasteiger partial charge in [-0.1, -0.05) is 42.6 Å². The fraction of sp³-hybridized carbons (Fsp3) is 0.538. The van der Waals surface area contributed by atoms with Gasteiger partial charge in [0.2, 0.25) is 0 Å². The number of thioether (sulfide) groups is 1. The molecule has 0 unspecified atom stereocenters. The summed E-state index contributed by atoms with van der Waals surface area (Å²) in [7, 11) is 0. The van der Waals surface area contributed by atoms with Crippen LogP contribution in [0.3, 0.4) is 0 Å². The molecule has 1 aliphatic carbocycles. The summed E-state index contributed by atoms with van der Waals surface area (Å²) in [6.07, 6.45) is 4.39. The van der Waals surface area contributed by atoms with Crippen molar-refractivity contribution in [1.29, 1.82) is 0 Å². The van der Waals surface area contributed by atoms with Crippen molar-refractivity contribution in [2.24, 2.45) is 0 Å².